The normalized spacial score (nSPS) is 16.2. The largest absolute Gasteiger partial charge is 0.481 e. The summed E-state index contributed by atoms with van der Waals surface area (Å²) >= 11 is 4.18. The molecule has 0 radical (unpaired) electrons. The Morgan fingerprint density at radius 1 is 0.716 bits per heavy atom. The Balaban J connectivity index is 1.82. The van der Waals surface area contributed by atoms with Crippen molar-refractivity contribution in [2.45, 2.75) is 126 Å². The number of thiol groups is 1. The Hall–Kier alpha value is -8.59. The summed E-state index contributed by atoms with van der Waals surface area (Å²) in [4.78, 5) is 177. The van der Waals surface area contributed by atoms with Crippen LogP contribution in [-0.2, 0) is 68.7 Å². The van der Waals surface area contributed by atoms with Gasteiger partial charge in [-0.15, -0.1) is 0 Å². The lowest BCUT2D eigenvalue weighted by Gasteiger charge is -2.31. The number of guanidine groups is 1. The van der Waals surface area contributed by atoms with Crippen molar-refractivity contribution in [3.8, 4) is 0 Å². The van der Waals surface area contributed by atoms with Crippen molar-refractivity contribution in [3.05, 3.63) is 36.0 Å². The van der Waals surface area contributed by atoms with E-state index in [1.165, 1.54) is 6.92 Å². The van der Waals surface area contributed by atoms with Crippen LogP contribution in [0.3, 0.4) is 0 Å². The predicted molar refractivity (Wildman–Crippen MR) is 287 cm³/mol. The zero-order valence-corrected chi connectivity index (χ0v) is 45.2. The zero-order valence-electron chi connectivity index (χ0n) is 44.3. The topological polar surface area (TPSA) is 535 Å². The fourth-order valence-corrected chi connectivity index (χ4v) is 8.58. The smallest absolute Gasteiger partial charge is 0.322 e. The van der Waals surface area contributed by atoms with Gasteiger partial charge < -0.3 is 95.8 Å². The first kappa shape index (κ1) is 66.7. The number of aliphatic hydroxyl groups excluding tert-OH is 1. The molecule has 32 nitrogen and oxygen atoms in total. The highest BCUT2D eigenvalue weighted by molar-refractivity contribution is 7.80. The van der Waals surface area contributed by atoms with Gasteiger partial charge in [-0.3, -0.25) is 67.3 Å². The molecule has 0 spiro atoms. The number of fused-ring (bicyclic) bond motifs is 1. The second-order valence-electron chi connectivity index (χ2n) is 18.9. The molecule has 33 heteroatoms. The highest BCUT2D eigenvalue weighted by Gasteiger charge is 2.41. The number of H-pyrrole nitrogens is 1. The van der Waals surface area contributed by atoms with Gasteiger partial charge in [-0.2, -0.15) is 12.6 Å². The monoisotopic (exact) mass is 1160 g/mol. The number of para-hydroxylation sites is 1. The minimum Gasteiger partial charge on any atom is -0.481 e. The number of hydrogen-bond acceptors (Lipinski definition) is 17. The molecule has 446 valence electrons. The number of aliphatic imine (C=N–C) groups is 1. The van der Waals surface area contributed by atoms with Crippen LogP contribution in [0.4, 0.5) is 0 Å². The van der Waals surface area contributed by atoms with Crippen LogP contribution in [0.15, 0.2) is 35.5 Å². The first-order chi connectivity index (χ1) is 38.2. The number of hydrogen-bond donors (Lipinski definition) is 18. The Morgan fingerprint density at radius 2 is 1.30 bits per heavy atom. The Labute approximate surface area is 468 Å². The van der Waals surface area contributed by atoms with Gasteiger partial charge in [0.05, 0.1) is 31.9 Å². The maximum Gasteiger partial charge on any atom is 0.322 e. The van der Waals surface area contributed by atoms with Crippen molar-refractivity contribution in [2.24, 2.45) is 33.8 Å². The Morgan fingerprint density at radius 3 is 1.90 bits per heavy atom. The third kappa shape index (κ3) is 21.2. The molecule has 21 N–H and O–H groups in total. The van der Waals surface area contributed by atoms with Gasteiger partial charge in [0.25, 0.3) is 0 Å². The first-order valence-electron chi connectivity index (χ1n) is 25.4. The van der Waals surface area contributed by atoms with E-state index in [0.29, 0.717) is 16.5 Å². The van der Waals surface area contributed by atoms with Crippen LogP contribution >= 0.6 is 12.6 Å². The lowest BCUT2D eigenvalue weighted by molar-refractivity contribution is -0.144. The molecule has 1 saturated heterocycles. The minimum atomic E-state index is -1.98. The van der Waals surface area contributed by atoms with Crippen molar-refractivity contribution in [2.75, 3.05) is 32.0 Å². The van der Waals surface area contributed by atoms with Gasteiger partial charge in [0, 0.05) is 42.4 Å². The van der Waals surface area contributed by atoms with E-state index in [1.54, 1.807) is 37.4 Å². The van der Waals surface area contributed by atoms with E-state index in [0.717, 1.165) is 4.90 Å². The minimum absolute atomic E-state index is 0.0230. The summed E-state index contributed by atoms with van der Waals surface area (Å²) in [6.45, 7) is 1.18. The summed E-state index contributed by atoms with van der Waals surface area (Å²) in [5, 5.41) is 57.6. The molecule has 1 aliphatic rings. The molecule has 2 heterocycles. The third-order valence-corrected chi connectivity index (χ3v) is 13.1. The standard InChI is InChI=1S/C48H71N15O17S/c1-3-22(2)38(62-45(78)33-11-7-13-63(33)47(80)30(16-34(50)65)59-39(72)25(49)15-35(66)67)46(79)58-29(17-36(68)69)42(75)60-31(20-64)43(76)61-32(21-81)44(77)57-28(14-23-18-54-26-9-5-4-8-24(23)26)41(74)56-27(10-6-12-53-48(51)52)40(73)55-19-37(70)71/h4-5,8-9,18,22,25,27-33,38,54,64,81H,3,6-7,10-17,19-21,49H2,1-2H3,(H2,50,65)(H,55,73)(H,56,74)(H,57,77)(H,58,79)(H,59,72)(H,60,75)(H,61,76)(H,62,78)(H,66,67)(H,68,69)(H,70,71)(H4,51,52,53)/t22-,25-,27-,28-,29-,30-,31-,32-,33-,38-/m0/s1. The Kier molecular flexibility index (Phi) is 26.7. The number of aliphatic carboxylic acids is 3. The van der Waals surface area contributed by atoms with Crippen LogP contribution in [0, 0.1) is 5.92 Å². The average Bonchev–Trinajstić information content (AvgIpc) is 4.08. The number of nitrogens with two attached hydrogens (primary N) is 4. The Bertz CT molecular complexity index is 2670. The number of likely N-dealkylation sites (tertiary alicyclic amines) is 1. The fourth-order valence-electron chi connectivity index (χ4n) is 8.33. The van der Waals surface area contributed by atoms with E-state index in [1.807, 2.05) is 0 Å². The second-order valence-corrected chi connectivity index (χ2v) is 19.3. The summed E-state index contributed by atoms with van der Waals surface area (Å²) in [6, 6.07) is -7.53. The van der Waals surface area contributed by atoms with E-state index in [4.69, 9.17) is 33.1 Å². The lowest BCUT2D eigenvalue weighted by Crippen LogP contribution is -2.62. The number of aromatic amines is 1. The molecule has 10 atom stereocenters. The number of aliphatic hydroxyl groups is 1. The maximum absolute atomic E-state index is 14.1. The number of carboxylic acids is 3. The van der Waals surface area contributed by atoms with Crippen LogP contribution < -0.4 is 65.5 Å². The average molecular weight is 1160 g/mol. The quantitative estimate of drug-likeness (QED) is 0.0134. The third-order valence-electron chi connectivity index (χ3n) is 12.7. The first-order valence-corrected chi connectivity index (χ1v) is 26.1. The zero-order chi connectivity index (χ0) is 60.7. The van der Waals surface area contributed by atoms with Crippen molar-refractivity contribution in [1.29, 1.82) is 0 Å². The van der Waals surface area contributed by atoms with Crippen molar-refractivity contribution >= 4 is 106 Å². The molecule has 3 rings (SSSR count). The summed E-state index contributed by atoms with van der Waals surface area (Å²) in [5.41, 5.74) is 22.9. The molecule has 1 aromatic carbocycles. The molecule has 0 saturated carbocycles. The van der Waals surface area contributed by atoms with E-state index in [2.05, 4.69) is 65.1 Å². The number of carbonyl (C=O) groups excluding carboxylic acids is 10. The summed E-state index contributed by atoms with van der Waals surface area (Å²) in [6.07, 6.45) is -0.813. The molecule has 1 aliphatic heterocycles. The van der Waals surface area contributed by atoms with Gasteiger partial charge in [-0.05, 0) is 43.2 Å². The molecule has 1 aromatic heterocycles. The second kappa shape index (κ2) is 32.5. The highest BCUT2D eigenvalue weighted by Crippen LogP contribution is 2.22. The van der Waals surface area contributed by atoms with E-state index in [9.17, 15) is 72.5 Å². The summed E-state index contributed by atoms with van der Waals surface area (Å²) in [7, 11) is 0. The molecule has 0 bridgehead atoms. The fraction of sp³-hybridized carbons (Fsp3) is 0.542. The number of nitrogens with zero attached hydrogens (tertiary/aromatic N) is 2. The number of rotatable bonds is 34. The van der Waals surface area contributed by atoms with Crippen molar-refractivity contribution in [1.82, 2.24) is 52.4 Å². The molecular weight excluding hydrogens is 1090 g/mol. The van der Waals surface area contributed by atoms with Crippen LogP contribution in [0.5, 0.6) is 0 Å². The number of carboxylic acid groups (broad SMARTS) is 3. The SMILES string of the molecule is CC[C@H](C)[C@H](NC(=O)[C@@H]1CCCN1C(=O)[C@H](CC(N)=O)NC(=O)[C@@H](N)CC(=O)O)C(=O)N[C@@H](CC(=O)O)C(=O)N[C@@H](CO)C(=O)N[C@@H](CS)C(=O)N[C@@H](Cc1c[nH]c2ccccc12)C(=O)N[C@@H](CCCN=C(N)N)C(=O)NCC(=O)O. The summed E-state index contributed by atoms with van der Waals surface area (Å²) < 4.78 is 0. The highest BCUT2D eigenvalue weighted by atomic mass is 32.1. The van der Waals surface area contributed by atoms with Gasteiger partial charge in [-0.1, -0.05) is 38.5 Å². The number of carbonyl (C=O) groups is 13. The van der Waals surface area contributed by atoms with Gasteiger partial charge in [-0.25, -0.2) is 0 Å². The van der Waals surface area contributed by atoms with Gasteiger partial charge in [0.1, 0.15) is 54.9 Å². The molecule has 0 aliphatic carbocycles. The van der Waals surface area contributed by atoms with Crippen molar-refractivity contribution < 1.29 is 82.8 Å². The maximum atomic E-state index is 14.1. The summed E-state index contributed by atoms with van der Waals surface area (Å²) in [5.74, 6) is -16.3. The predicted octanol–water partition coefficient (Wildman–Crippen LogP) is -6.53. The number of benzene rings is 1. The molecule has 10 amide bonds. The van der Waals surface area contributed by atoms with E-state index >= 15 is 0 Å². The molecule has 0 unspecified atom stereocenters. The number of aromatic nitrogens is 1. The molecule has 81 heavy (non-hydrogen) atoms. The van der Waals surface area contributed by atoms with Gasteiger partial charge >= 0.3 is 17.9 Å². The molecule has 2 aromatic rings. The van der Waals surface area contributed by atoms with Gasteiger partial charge in [0.2, 0.25) is 59.1 Å². The van der Waals surface area contributed by atoms with Crippen LogP contribution in [-0.4, -0.2) is 200 Å². The number of primary amides is 1. The molecular formula is C48H71N15O17S. The van der Waals surface area contributed by atoms with Crippen LogP contribution in [0.2, 0.25) is 0 Å². The lowest BCUT2D eigenvalue weighted by atomic mass is 9.97. The van der Waals surface area contributed by atoms with E-state index in [-0.39, 0.29) is 57.6 Å². The van der Waals surface area contributed by atoms with E-state index < -0.39 is 175 Å². The van der Waals surface area contributed by atoms with Crippen molar-refractivity contribution in [3.63, 3.8) is 0 Å². The van der Waals surface area contributed by atoms with Crippen LogP contribution in [0.25, 0.3) is 10.9 Å². The molecule has 1 fully saturated rings. The number of amides is 10. The van der Waals surface area contributed by atoms with Gasteiger partial charge in [0.15, 0.2) is 5.96 Å². The number of nitrogens with one attached hydrogen (secondary N) is 9. The van der Waals surface area contributed by atoms with Crippen LogP contribution in [0.1, 0.15) is 70.8 Å².